The molecule has 122 valence electrons. The van der Waals surface area contributed by atoms with Gasteiger partial charge in [-0.15, -0.1) is 0 Å². The lowest BCUT2D eigenvalue weighted by Gasteiger charge is -2.22. The van der Waals surface area contributed by atoms with Crippen LogP contribution in [0.3, 0.4) is 0 Å². The quantitative estimate of drug-likeness (QED) is 0.363. The first kappa shape index (κ1) is 18.8. The second-order valence-corrected chi connectivity index (χ2v) is 7.26. The standard InChI is InChI=1S/C14H21ClN4O2S/c1-3-5-9-19(10-6-4-2)22(20,21)12-7-8-13(15)14(11-12)17-18-16/h7-8,11H,3-6,9-10H2,1-2H3. The molecule has 0 bridgehead atoms. The van der Waals surface area contributed by atoms with Crippen molar-refractivity contribution in [2.75, 3.05) is 13.1 Å². The fraction of sp³-hybridized carbons (Fsp3) is 0.571. The van der Waals surface area contributed by atoms with E-state index in [0.29, 0.717) is 13.1 Å². The number of rotatable bonds is 9. The second-order valence-electron chi connectivity index (χ2n) is 4.91. The summed E-state index contributed by atoms with van der Waals surface area (Å²) < 4.78 is 27.0. The predicted molar refractivity (Wildman–Crippen MR) is 88.8 cm³/mol. The van der Waals surface area contributed by atoms with E-state index in [2.05, 4.69) is 10.0 Å². The van der Waals surface area contributed by atoms with Gasteiger partial charge in [-0.25, -0.2) is 8.42 Å². The first-order valence-electron chi connectivity index (χ1n) is 7.32. The van der Waals surface area contributed by atoms with Crippen molar-refractivity contribution in [3.05, 3.63) is 33.7 Å². The molecule has 6 nitrogen and oxygen atoms in total. The minimum absolute atomic E-state index is 0.103. The molecule has 0 atom stereocenters. The van der Waals surface area contributed by atoms with Gasteiger partial charge in [-0.1, -0.05) is 43.4 Å². The van der Waals surface area contributed by atoms with E-state index >= 15 is 0 Å². The van der Waals surface area contributed by atoms with E-state index in [1.807, 2.05) is 13.8 Å². The first-order valence-corrected chi connectivity index (χ1v) is 9.14. The van der Waals surface area contributed by atoms with Crippen molar-refractivity contribution in [1.29, 1.82) is 0 Å². The van der Waals surface area contributed by atoms with Gasteiger partial charge in [0.15, 0.2) is 0 Å². The molecule has 0 aliphatic heterocycles. The highest BCUT2D eigenvalue weighted by molar-refractivity contribution is 7.89. The number of nitrogens with zero attached hydrogens (tertiary/aromatic N) is 4. The molecule has 0 aromatic heterocycles. The van der Waals surface area contributed by atoms with Crippen LogP contribution in [0.4, 0.5) is 5.69 Å². The van der Waals surface area contributed by atoms with Crippen molar-refractivity contribution in [1.82, 2.24) is 4.31 Å². The average Bonchev–Trinajstić information content (AvgIpc) is 2.49. The molecule has 0 heterocycles. The molecule has 0 saturated heterocycles. The highest BCUT2D eigenvalue weighted by atomic mass is 35.5. The average molecular weight is 345 g/mol. The van der Waals surface area contributed by atoms with Crippen LogP contribution in [0, 0.1) is 0 Å². The van der Waals surface area contributed by atoms with Gasteiger partial charge in [-0.3, -0.25) is 0 Å². The number of halogens is 1. The van der Waals surface area contributed by atoms with Crippen molar-refractivity contribution < 1.29 is 8.42 Å². The van der Waals surface area contributed by atoms with Gasteiger partial charge in [0, 0.05) is 18.0 Å². The third kappa shape index (κ3) is 4.88. The van der Waals surface area contributed by atoms with E-state index in [-0.39, 0.29) is 15.6 Å². The van der Waals surface area contributed by atoms with Gasteiger partial charge < -0.3 is 0 Å². The number of hydrogen-bond acceptors (Lipinski definition) is 3. The van der Waals surface area contributed by atoms with Gasteiger partial charge >= 0.3 is 0 Å². The van der Waals surface area contributed by atoms with Crippen LogP contribution in [0.2, 0.25) is 5.02 Å². The van der Waals surface area contributed by atoms with E-state index < -0.39 is 10.0 Å². The Labute approximate surface area is 136 Å². The van der Waals surface area contributed by atoms with Crippen LogP contribution in [-0.2, 0) is 10.0 Å². The smallest absolute Gasteiger partial charge is 0.207 e. The van der Waals surface area contributed by atoms with Gasteiger partial charge in [0.2, 0.25) is 10.0 Å². The number of benzene rings is 1. The van der Waals surface area contributed by atoms with Crippen molar-refractivity contribution in [3.8, 4) is 0 Å². The Morgan fingerprint density at radius 3 is 2.32 bits per heavy atom. The van der Waals surface area contributed by atoms with Crippen LogP contribution in [0.1, 0.15) is 39.5 Å². The molecular formula is C14H21ClN4O2S. The highest BCUT2D eigenvalue weighted by Gasteiger charge is 2.24. The lowest BCUT2D eigenvalue weighted by Crippen LogP contribution is -2.33. The summed E-state index contributed by atoms with van der Waals surface area (Å²) in [5.41, 5.74) is 8.64. The summed E-state index contributed by atoms with van der Waals surface area (Å²) in [6.07, 6.45) is 3.45. The topological polar surface area (TPSA) is 86.1 Å². The predicted octanol–water partition coefficient (Wildman–Crippen LogP) is 4.87. The van der Waals surface area contributed by atoms with Gasteiger partial charge in [0.1, 0.15) is 0 Å². The zero-order valence-corrected chi connectivity index (χ0v) is 14.4. The second kappa shape index (κ2) is 9.00. The Kier molecular flexibility index (Phi) is 7.68. The fourth-order valence-corrected chi connectivity index (χ4v) is 3.64. The molecule has 1 rings (SSSR count). The summed E-state index contributed by atoms with van der Waals surface area (Å²) in [5, 5.41) is 3.66. The van der Waals surface area contributed by atoms with Crippen LogP contribution < -0.4 is 0 Å². The molecule has 0 radical (unpaired) electrons. The third-order valence-electron chi connectivity index (χ3n) is 3.23. The molecule has 0 N–H and O–H groups in total. The lowest BCUT2D eigenvalue weighted by atomic mass is 10.3. The molecule has 0 spiro atoms. The maximum Gasteiger partial charge on any atom is 0.243 e. The molecular weight excluding hydrogens is 324 g/mol. The van der Waals surface area contributed by atoms with E-state index in [0.717, 1.165) is 25.7 Å². The molecule has 0 unspecified atom stereocenters. The van der Waals surface area contributed by atoms with Crippen molar-refractivity contribution in [3.63, 3.8) is 0 Å². The zero-order chi connectivity index (χ0) is 16.6. The minimum Gasteiger partial charge on any atom is -0.207 e. The van der Waals surface area contributed by atoms with Gasteiger partial charge in [0.05, 0.1) is 15.6 Å². The van der Waals surface area contributed by atoms with Crippen LogP contribution in [0.5, 0.6) is 0 Å². The number of unbranched alkanes of at least 4 members (excludes halogenated alkanes) is 2. The summed E-state index contributed by atoms with van der Waals surface area (Å²) in [6.45, 7) is 5.01. The number of sulfonamides is 1. The molecule has 0 aliphatic rings. The largest absolute Gasteiger partial charge is 0.243 e. The molecule has 0 aliphatic carbocycles. The first-order chi connectivity index (χ1) is 10.5. The number of hydrogen-bond donors (Lipinski definition) is 0. The van der Waals surface area contributed by atoms with E-state index in [9.17, 15) is 8.42 Å². The third-order valence-corrected chi connectivity index (χ3v) is 5.44. The summed E-state index contributed by atoms with van der Waals surface area (Å²) in [7, 11) is -3.61. The summed E-state index contributed by atoms with van der Waals surface area (Å²) in [5.74, 6) is 0. The van der Waals surface area contributed by atoms with Gasteiger partial charge in [-0.2, -0.15) is 4.31 Å². The van der Waals surface area contributed by atoms with Crippen molar-refractivity contribution in [2.24, 2.45) is 5.11 Å². The normalized spacial score (nSPS) is 11.5. The lowest BCUT2D eigenvalue weighted by molar-refractivity contribution is 0.395. The molecule has 1 aromatic rings. The molecule has 22 heavy (non-hydrogen) atoms. The summed E-state index contributed by atoms with van der Waals surface area (Å²) in [4.78, 5) is 2.77. The Balaban J connectivity index is 3.17. The molecule has 0 fully saturated rings. The van der Waals surface area contributed by atoms with Crippen molar-refractivity contribution >= 4 is 27.3 Å². The van der Waals surface area contributed by atoms with Crippen LogP contribution in [0.25, 0.3) is 10.4 Å². The van der Waals surface area contributed by atoms with Gasteiger partial charge in [-0.05, 0) is 36.6 Å². The molecule has 0 saturated carbocycles. The molecule has 1 aromatic carbocycles. The Hall–Kier alpha value is -1.27. The van der Waals surface area contributed by atoms with E-state index in [1.54, 1.807) is 0 Å². The summed E-state index contributed by atoms with van der Waals surface area (Å²) >= 11 is 5.90. The molecule has 8 heteroatoms. The maximum absolute atomic E-state index is 12.8. The van der Waals surface area contributed by atoms with E-state index in [1.165, 1.54) is 22.5 Å². The van der Waals surface area contributed by atoms with Crippen molar-refractivity contribution in [2.45, 2.75) is 44.4 Å². The number of azide groups is 1. The van der Waals surface area contributed by atoms with Crippen LogP contribution >= 0.6 is 11.6 Å². The minimum atomic E-state index is -3.61. The Bertz CT molecular complexity index is 634. The monoisotopic (exact) mass is 344 g/mol. The SMILES string of the molecule is CCCCN(CCCC)S(=O)(=O)c1ccc(Cl)c(N=[N+]=[N-])c1. The highest BCUT2D eigenvalue weighted by Crippen LogP contribution is 2.29. The fourth-order valence-electron chi connectivity index (χ4n) is 1.95. The Morgan fingerprint density at radius 1 is 1.23 bits per heavy atom. The van der Waals surface area contributed by atoms with E-state index in [4.69, 9.17) is 17.1 Å². The maximum atomic E-state index is 12.8. The van der Waals surface area contributed by atoms with Gasteiger partial charge in [0.25, 0.3) is 0 Å². The van der Waals surface area contributed by atoms with Crippen LogP contribution in [-0.4, -0.2) is 25.8 Å². The zero-order valence-electron chi connectivity index (χ0n) is 12.9. The molecule has 0 amide bonds. The Morgan fingerprint density at radius 2 is 1.82 bits per heavy atom. The van der Waals surface area contributed by atoms with Crippen LogP contribution in [0.15, 0.2) is 28.2 Å². The summed E-state index contributed by atoms with van der Waals surface area (Å²) in [6, 6.07) is 4.21.